The van der Waals surface area contributed by atoms with E-state index in [0.29, 0.717) is 12.2 Å². The molecule has 1 aliphatic heterocycles. The molecule has 0 spiro atoms. The number of hydrogen-bond acceptors (Lipinski definition) is 5. The highest BCUT2D eigenvalue weighted by atomic mass is 35.5. The zero-order chi connectivity index (χ0) is 21.4. The third-order valence-electron chi connectivity index (χ3n) is 3.94. The maximum absolute atomic E-state index is 9.55. The standard InChI is InChI=1S/C17H19ClN2S.C4H4O4/c1-19(2)10-5-11-20-14-6-3-4-7-16(14)21-17-9-8-13(18)12-15(17)20;5-3(6)1-2-4(7)8/h3-4,6-9,12H,5,10-11H2,1-2H3;1-2H,(H,5,6)(H,7,8)/b;2-1-. The second-order valence-electron chi connectivity index (χ2n) is 6.50. The van der Waals surface area contributed by atoms with Gasteiger partial charge in [-0.1, -0.05) is 35.5 Å². The molecular formula is C21H23ClN2O4S. The minimum absolute atomic E-state index is 0.558. The molecule has 0 saturated heterocycles. The molecular weight excluding hydrogens is 412 g/mol. The van der Waals surface area contributed by atoms with Gasteiger partial charge in [-0.2, -0.15) is 0 Å². The van der Waals surface area contributed by atoms with Gasteiger partial charge in [0.25, 0.3) is 0 Å². The fourth-order valence-corrected chi connectivity index (χ4v) is 3.97. The number of nitrogens with zero attached hydrogens (tertiary/aromatic N) is 2. The minimum atomic E-state index is -1.26. The lowest BCUT2D eigenvalue weighted by molar-refractivity contribution is -0.134. The van der Waals surface area contributed by atoms with Gasteiger partial charge in [0.1, 0.15) is 0 Å². The van der Waals surface area contributed by atoms with E-state index in [0.717, 1.165) is 24.5 Å². The Labute approximate surface area is 179 Å². The molecule has 0 saturated carbocycles. The van der Waals surface area contributed by atoms with Gasteiger partial charge in [-0.25, -0.2) is 9.59 Å². The Morgan fingerprint density at radius 1 is 1.03 bits per heavy atom. The minimum Gasteiger partial charge on any atom is -0.478 e. The van der Waals surface area contributed by atoms with Gasteiger partial charge in [0.15, 0.2) is 0 Å². The second kappa shape index (κ2) is 10.9. The summed E-state index contributed by atoms with van der Waals surface area (Å²) >= 11 is 8.03. The lowest BCUT2D eigenvalue weighted by Gasteiger charge is -2.33. The maximum Gasteiger partial charge on any atom is 0.328 e. The fraction of sp³-hybridized carbons (Fsp3) is 0.238. The largest absolute Gasteiger partial charge is 0.478 e. The van der Waals surface area contributed by atoms with Crippen LogP contribution in [0.15, 0.2) is 64.4 Å². The Morgan fingerprint density at radius 2 is 1.66 bits per heavy atom. The summed E-state index contributed by atoms with van der Waals surface area (Å²) in [7, 11) is 4.23. The van der Waals surface area contributed by atoms with E-state index in [1.54, 1.807) is 0 Å². The predicted molar refractivity (Wildman–Crippen MR) is 117 cm³/mol. The molecule has 0 aromatic heterocycles. The molecule has 6 nitrogen and oxygen atoms in total. The van der Waals surface area contributed by atoms with Crippen LogP contribution < -0.4 is 4.90 Å². The number of hydrogen-bond donors (Lipinski definition) is 2. The summed E-state index contributed by atoms with van der Waals surface area (Å²) in [5, 5.41) is 16.4. The molecule has 1 heterocycles. The highest BCUT2D eigenvalue weighted by Gasteiger charge is 2.22. The van der Waals surface area contributed by atoms with E-state index in [9.17, 15) is 9.59 Å². The number of carbonyl (C=O) groups is 2. The zero-order valence-corrected chi connectivity index (χ0v) is 17.8. The van der Waals surface area contributed by atoms with Crippen LogP contribution in [0.2, 0.25) is 5.02 Å². The van der Waals surface area contributed by atoms with Crippen LogP contribution in [-0.4, -0.2) is 54.2 Å². The second-order valence-corrected chi connectivity index (χ2v) is 8.02. The van der Waals surface area contributed by atoms with Crippen LogP contribution >= 0.6 is 23.4 Å². The molecule has 2 aromatic carbocycles. The molecule has 0 aliphatic carbocycles. The molecule has 0 amide bonds. The monoisotopic (exact) mass is 434 g/mol. The van der Waals surface area contributed by atoms with Gasteiger partial charge >= 0.3 is 11.9 Å². The first kappa shape index (κ1) is 22.8. The molecule has 29 heavy (non-hydrogen) atoms. The van der Waals surface area contributed by atoms with Crippen molar-refractivity contribution in [3.8, 4) is 0 Å². The molecule has 0 bridgehead atoms. The van der Waals surface area contributed by atoms with Crippen molar-refractivity contribution < 1.29 is 19.8 Å². The van der Waals surface area contributed by atoms with Gasteiger partial charge in [0, 0.05) is 33.5 Å². The third-order valence-corrected chi connectivity index (χ3v) is 5.31. The van der Waals surface area contributed by atoms with Crippen LogP contribution in [0.1, 0.15) is 6.42 Å². The van der Waals surface area contributed by atoms with E-state index in [-0.39, 0.29) is 0 Å². The molecule has 2 aromatic rings. The summed E-state index contributed by atoms with van der Waals surface area (Å²) < 4.78 is 0. The van der Waals surface area contributed by atoms with Crippen molar-refractivity contribution in [3.05, 3.63) is 59.6 Å². The van der Waals surface area contributed by atoms with Crippen LogP contribution in [0.3, 0.4) is 0 Å². The van der Waals surface area contributed by atoms with Crippen LogP contribution in [0.5, 0.6) is 0 Å². The lowest BCUT2D eigenvalue weighted by Crippen LogP contribution is -2.25. The van der Waals surface area contributed by atoms with Crippen LogP contribution in [0.4, 0.5) is 11.4 Å². The fourth-order valence-electron chi connectivity index (χ4n) is 2.73. The van der Waals surface area contributed by atoms with E-state index < -0.39 is 11.9 Å². The van der Waals surface area contributed by atoms with Crippen LogP contribution in [0.25, 0.3) is 0 Å². The van der Waals surface area contributed by atoms with E-state index in [1.165, 1.54) is 21.2 Å². The first-order chi connectivity index (χ1) is 13.8. The number of rotatable bonds is 6. The average molecular weight is 435 g/mol. The average Bonchev–Trinajstić information content (AvgIpc) is 2.66. The highest BCUT2D eigenvalue weighted by molar-refractivity contribution is 7.99. The summed E-state index contributed by atoms with van der Waals surface area (Å²) in [5.41, 5.74) is 2.51. The third kappa shape index (κ3) is 7.12. The molecule has 1 aliphatic rings. The van der Waals surface area contributed by atoms with Crippen molar-refractivity contribution in [1.82, 2.24) is 4.90 Å². The molecule has 8 heteroatoms. The highest BCUT2D eigenvalue weighted by Crippen LogP contribution is 2.48. The van der Waals surface area contributed by atoms with Gasteiger partial charge in [-0.3, -0.25) is 0 Å². The molecule has 0 fully saturated rings. The number of aliphatic carboxylic acids is 2. The first-order valence-corrected chi connectivity index (χ1v) is 10.1. The Hall–Kier alpha value is -2.48. The number of carboxylic acid groups (broad SMARTS) is 2. The van der Waals surface area contributed by atoms with E-state index in [4.69, 9.17) is 21.8 Å². The van der Waals surface area contributed by atoms with Gasteiger partial charge in [-0.15, -0.1) is 0 Å². The predicted octanol–water partition coefficient (Wildman–Crippen LogP) is 4.61. The molecule has 154 valence electrons. The van der Waals surface area contributed by atoms with Crippen molar-refractivity contribution in [1.29, 1.82) is 0 Å². The van der Waals surface area contributed by atoms with Crippen molar-refractivity contribution in [3.63, 3.8) is 0 Å². The normalized spacial score (nSPS) is 12.2. The van der Waals surface area contributed by atoms with Crippen molar-refractivity contribution in [2.24, 2.45) is 0 Å². The van der Waals surface area contributed by atoms with Gasteiger partial charge in [0.05, 0.1) is 11.4 Å². The first-order valence-electron chi connectivity index (χ1n) is 8.90. The van der Waals surface area contributed by atoms with E-state index in [2.05, 4.69) is 60.3 Å². The van der Waals surface area contributed by atoms with Gasteiger partial charge in [0.2, 0.25) is 0 Å². The lowest BCUT2D eigenvalue weighted by atomic mass is 10.2. The number of fused-ring (bicyclic) bond motifs is 2. The van der Waals surface area contributed by atoms with Gasteiger partial charge in [-0.05, 0) is 57.4 Å². The summed E-state index contributed by atoms with van der Waals surface area (Å²) in [5.74, 6) is -2.51. The smallest absolute Gasteiger partial charge is 0.328 e. The number of para-hydroxylation sites is 1. The van der Waals surface area contributed by atoms with Gasteiger partial charge < -0.3 is 20.0 Å². The number of benzene rings is 2. The zero-order valence-electron chi connectivity index (χ0n) is 16.2. The van der Waals surface area contributed by atoms with Crippen LogP contribution in [-0.2, 0) is 9.59 Å². The number of carboxylic acids is 2. The van der Waals surface area contributed by atoms with E-state index >= 15 is 0 Å². The summed E-state index contributed by atoms with van der Waals surface area (Å²) in [6.45, 7) is 2.09. The number of anilines is 2. The Morgan fingerprint density at radius 3 is 2.28 bits per heavy atom. The Bertz CT molecular complexity index is 886. The molecule has 0 radical (unpaired) electrons. The molecule has 0 unspecified atom stereocenters. The maximum atomic E-state index is 9.55. The Kier molecular flexibility index (Phi) is 8.57. The summed E-state index contributed by atoms with van der Waals surface area (Å²) in [6.07, 6.45) is 2.24. The SMILES string of the molecule is CN(C)CCCN1c2ccccc2Sc2ccc(Cl)cc21.O=C(O)/C=C\C(=O)O. The molecule has 0 atom stereocenters. The quantitative estimate of drug-likeness (QED) is 0.642. The number of halogens is 1. The summed E-state index contributed by atoms with van der Waals surface area (Å²) in [4.78, 5) is 26.3. The molecule has 2 N–H and O–H groups in total. The van der Waals surface area contributed by atoms with Crippen molar-refractivity contribution in [2.75, 3.05) is 32.1 Å². The Balaban J connectivity index is 0.000000321. The van der Waals surface area contributed by atoms with Crippen molar-refractivity contribution >= 4 is 46.7 Å². The molecule has 3 rings (SSSR count). The summed E-state index contributed by atoms with van der Waals surface area (Å²) in [6, 6.07) is 14.8. The van der Waals surface area contributed by atoms with Crippen LogP contribution in [0, 0.1) is 0 Å². The van der Waals surface area contributed by atoms with Crippen molar-refractivity contribution in [2.45, 2.75) is 16.2 Å². The topological polar surface area (TPSA) is 81.1 Å². The van der Waals surface area contributed by atoms with E-state index in [1.807, 2.05) is 17.8 Å².